The molecule has 0 saturated heterocycles. The van der Waals surface area contributed by atoms with Gasteiger partial charge in [-0.15, -0.1) is 11.6 Å². The maximum absolute atomic E-state index is 12.1. The SMILES string of the molecule is O=C(CCOCC(F)F)N(CCCl)C1CCCCC1. The molecular weight excluding hydrogens is 276 g/mol. The number of amides is 1. The van der Waals surface area contributed by atoms with Crippen LogP contribution in [0.25, 0.3) is 0 Å². The molecule has 1 aliphatic carbocycles. The van der Waals surface area contributed by atoms with E-state index in [0.29, 0.717) is 12.4 Å². The number of nitrogens with zero attached hydrogens (tertiary/aromatic N) is 1. The summed E-state index contributed by atoms with van der Waals surface area (Å²) >= 11 is 5.74. The van der Waals surface area contributed by atoms with Crippen LogP contribution in [0.3, 0.4) is 0 Å². The Balaban J connectivity index is 2.34. The third kappa shape index (κ3) is 6.52. The van der Waals surface area contributed by atoms with Crippen molar-refractivity contribution in [1.29, 1.82) is 0 Å². The topological polar surface area (TPSA) is 29.5 Å². The van der Waals surface area contributed by atoms with Crippen molar-refractivity contribution in [3.05, 3.63) is 0 Å². The van der Waals surface area contributed by atoms with Crippen LogP contribution in [0.15, 0.2) is 0 Å². The summed E-state index contributed by atoms with van der Waals surface area (Å²) in [6.45, 7) is -0.0270. The normalized spacial score (nSPS) is 16.8. The van der Waals surface area contributed by atoms with Crippen molar-refractivity contribution < 1.29 is 18.3 Å². The van der Waals surface area contributed by atoms with Gasteiger partial charge in [0.25, 0.3) is 6.43 Å². The van der Waals surface area contributed by atoms with Gasteiger partial charge >= 0.3 is 0 Å². The molecule has 0 unspecified atom stereocenters. The van der Waals surface area contributed by atoms with Gasteiger partial charge in [-0.25, -0.2) is 8.78 Å². The highest BCUT2D eigenvalue weighted by atomic mass is 35.5. The molecule has 0 atom stereocenters. The van der Waals surface area contributed by atoms with Crippen molar-refractivity contribution in [1.82, 2.24) is 4.90 Å². The second-order valence-electron chi connectivity index (χ2n) is 4.78. The van der Waals surface area contributed by atoms with Gasteiger partial charge in [0, 0.05) is 18.5 Å². The van der Waals surface area contributed by atoms with Gasteiger partial charge < -0.3 is 9.64 Å². The van der Waals surface area contributed by atoms with E-state index in [1.54, 1.807) is 4.90 Å². The fourth-order valence-corrected chi connectivity index (χ4v) is 2.65. The molecule has 1 aliphatic rings. The lowest BCUT2D eigenvalue weighted by Gasteiger charge is -2.34. The zero-order valence-electron chi connectivity index (χ0n) is 11.1. The predicted molar refractivity (Wildman–Crippen MR) is 70.7 cm³/mol. The molecule has 0 heterocycles. The predicted octanol–water partition coefficient (Wildman–Crippen LogP) is 3.06. The average molecular weight is 298 g/mol. The lowest BCUT2D eigenvalue weighted by molar-refractivity contribution is -0.135. The number of halogens is 3. The number of carbonyl (C=O) groups excluding carboxylic acids is 1. The molecule has 0 aromatic rings. The Bertz CT molecular complexity index is 261. The van der Waals surface area contributed by atoms with Crippen molar-refractivity contribution in [3.63, 3.8) is 0 Å². The summed E-state index contributed by atoms with van der Waals surface area (Å²) in [6.07, 6.45) is 3.20. The highest BCUT2D eigenvalue weighted by molar-refractivity contribution is 6.18. The van der Waals surface area contributed by atoms with Crippen molar-refractivity contribution >= 4 is 17.5 Å². The second-order valence-corrected chi connectivity index (χ2v) is 5.16. The van der Waals surface area contributed by atoms with Gasteiger partial charge in [-0.1, -0.05) is 19.3 Å². The zero-order valence-corrected chi connectivity index (χ0v) is 11.9. The van der Waals surface area contributed by atoms with Crippen molar-refractivity contribution in [2.24, 2.45) is 0 Å². The number of carbonyl (C=O) groups is 1. The lowest BCUT2D eigenvalue weighted by atomic mass is 9.94. The third-order valence-electron chi connectivity index (χ3n) is 3.37. The Hall–Kier alpha value is -0.420. The Morgan fingerprint density at radius 2 is 2.00 bits per heavy atom. The molecule has 0 aromatic carbocycles. The van der Waals surface area contributed by atoms with Crippen LogP contribution in [0.5, 0.6) is 0 Å². The number of alkyl halides is 3. The van der Waals surface area contributed by atoms with Crippen molar-refractivity contribution in [3.8, 4) is 0 Å². The van der Waals surface area contributed by atoms with Crippen molar-refractivity contribution in [2.45, 2.75) is 51.0 Å². The Morgan fingerprint density at radius 3 is 2.58 bits per heavy atom. The summed E-state index contributed by atoms with van der Waals surface area (Å²) in [5.74, 6) is 0.363. The van der Waals surface area contributed by atoms with E-state index in [0.717, 1.165) is 25.7 Å². The van der Waals surface area contributed by atoms with E-state index in [4.69, 9.17) is 16.3 Å². The number of ether oxygens (including phenoxy) is 1. The zero-order chi connectivity index (χ0) is 14.1. The highest BCUT2D eigenvalue weighted by Crippen LogP contribution is 2.23. The van der Waals surface area contributed by atoms with Crippen LogP contribution >= 0.6 is 11.6 Å². The fourth-order valence-electron chi connectivity index (χ4n) is 2.47. The van der Waals surface area contributed by atoms with E-state index in [9.17, 15) is 13.6 Å². The maximum atomic E-state index is 12.1. The van der Waals surface area contributed by atoms with E-state index in [2.05, 4.69) is 0 Å². The maximum Gasteiger partial charge on any atom is 0.261 e. The number of hydrogen-bond acceptors (Lipinski definition) is 2. The van der Waals surface area contributed by atoms with Crippen LogP contribution in [-0.2, 0) is 9.53 Å². The quantitative estimate of drug-likeness (QED) is 0.509. The lowest BCUT2D eigenvalue weighted by Crippen LogP contribution is -2.43. The van der Waals surface area contributed by atoms with Crippen LogP contribution in [0.4, 0.5) is 8.78 Å². The second kappa shape index (κ2) is 9.48. The first-order chi connectivity index (χ1) is 9.15. The summed E-state index contributed by atoms with van der Waals surface area (Å²) in [4.78, 5) is 13.9. The Kier molecular flexibility index (Phi) is 8.30. The molecular formula is C13H22ClF2NO2. The molecule has 0 radical (unpaired) electrons. The van der Waals surface area contributed by atoms with E-state index in [1.807, 2.05) is 0 Å². The van der Waals surface area contributed by atoms with Gasteiger partial charge in [-0.2, -0.15) is 0 Å². The third-order valence-corrected chi connectivity index (χ3v) is 3.53. The Morgan fingerprint density at radius 1 is 1.32 bits per heavy atom. The van der Waals surface area contributed by atoms with Gasteiger partial charge in [-0.05, 0) is 12.8 Å². The monoisotopic (exact) mass is 297 g/mol. The van der Waals surface area contributed by atoms with E-state index in [-0.39, 0.29) is 25.0 Å². The van der Waals surface area contributed by atoms with Gasteiger partial charge in [-0.3, -0.25) is 4.79 Å². The minimum atomic E-state index is -2.48. The van der Waals surface area contributed by atoms with Crippen LogP contribution in [0.2, 0.25) is 0 Å². The molecule has 6 heteroatoms. The van der Waals surface area contributed by atoms with Gasteiger partial charge in [0.15, 0.2) is 0 Å². The standard InChI is InChI=1S/C13H22ClF2NO2/c14-7-8-17(11-4-2-1-3-5-11)13(18)6-9-19-10-12(15)16/h11-12H,1-10H2. The summed E-state index contributed by atoms with van der Waals surface area (Å²) in [6, 6.07) is 0.259. The molecule has 112 valence electrons. The minimum absolute atomic E-state index is 0.0400. The smallest absolute Gasteiger partial charge is 0.261 e. The van der Waals surface area contributed by atoms with E-state index in [1.165, 1.54) is 6.42 Å². The molecule has 19 heavy (non-hydrogen) atoms. The highest BCUT2D eigenvalue weighted by Gasteiger charge is 2.24. The molecule has 1 fully saturated rings. The molecule has 1 rings (SSSR count). The first-order valence-electron chi connectivity index (χ1n) is 6.86. The largest absolute Gasteiger partial charge is 0.375 e. The van der Waals surface area contributed by atoms with Gasteiger partial charge in [0.2, 0.25) is 5.91 Å². The summed E-state index contributed by atoms with van der Waals surface area (Å²) in [5, 5.41) is 0. The molecule has 0 bridgehead atoms. The molecule has 0 aliphatic heterocycles. The molecule has 0 N–H and O–H groups in total. The van der Waals surface area contributed by atoms with Gasteiger partial charge in [0.05, 0.1) is 13.0 Å². The minimum Gasteiger partial charge on any atom is -0.375 e. The van der Waals surface area contributed by atoms with Crippen molar-refractivity contribution in [2.75, 3.05) is 25.6 Å². The van der Waals surface area contributed by atoms with E-state index >= 15 is 0 Å². The average Bonchev–Trinajstić information content (AvgIpc) is 2.41. The summed E-state index contributed by atoms with van der Waals surface area (Å²) in [7, 11) is 0. The van der Waals surface area contributed by atoms with Crippen LogP contribution in [0.1, 0.15) is 38.5 Å². The molecule has 1 amide bonds. The summed E-state index contributed by atoms with van der Waals surface area (Å²) < 4.78 is 28.5. The summed E-state index contributed by atoms with van der Waals surface area (Å²) in [5.41, 5.74) is 0. The van der Waals surface area contributed by atoms with E-state index < -0.39 is 13.0 Å². The number of rotatable bonds is 8. The number of hydrogen-bond donors (Lipinski definition) is 0. The molecule has 0 spiro atoms. The fraction of sp³-hybridized carbons (Fsp3) is 0.923. The first-order valence-corrected chi connectivity index (χ1v) is 7.40. The van der Waals surface area contributed by atoms with Gasteiger partial charge in [0.1, 0.15) is 6.61 Å². The molecule has 3 nitrogen and oxygen atoms in total. The molecule has 1 saturated carbocycles. The van der Waals surface area contributed by atoms with Crippen LogP contribution < -0.4 is 0 Å². The van der Waals surface area contributed by atoms with Crippen LogP contribution in [0, 0.1) is 0 Å². The molecule has 0 aromatic heterocycles. The van der Waals surface area contributed by atoms with Crippen LogP contribution in [-0.4, -0.2) is 48.9 Å². The Labute approximate surface area is 118 Å². The first kappa shape index (κ1) is 16.6.